The fourth-order valence-corrected chi connectivity index (χ4v) is 1.84. The molecule has 2 aromatic rings. The Hall–Kier alpha value is -0.970. The molecule has 82 valence electrons. The van der Waals surface area contributed by atoms with Gasteiger partial charge in [-0.15, -0.1) is 0 Å². The molecule has 0 amide bonds. The molecule has 0 radical (unpaired) electrons. The first-order valence-electron chi connectivity index (χ1n) is 4.56. The number of benzene rings is 1. The van der Waals surface area contributed by atoms with Crippen molar-refractivity contribution in [2.24, 2.45) is 0 Å². The van der Waals surface area contributed by atoms with Crippen LogP contribution in [0.2, 0.25) is 5.02 Å². The molecule has 3 nitrogen and oxygen atoms in total. The van der Waals surface area contributed by atoms with Gasteiger partial charge in [0.25, 0.3) is 0 Å². The Bertz CT molecular complexity index is 493. The van der Waals surface area contributed by atoms with E-state index in [0.29, 0.717) is 10.6 Å². The van der Waals surface area contributed by atoms with Crippen LogP contribution in [0.15, 0.2) is 41.4 Å². The Morgan fingerprint density at radius 3 is 2.50 bits per heavy atom. The second kappa shape index (κ2) is 4.91. The fraction of sp³-hybridized carbons (Fsp3) is 0.0909. The summed E-state index contributed by atoms with van der Waals surface area (Å²) in [6.07, 6.45) is 3.85. The molecule has 2 rings (SSSR count). The average molecular weight is 300 g/mol. The van der Waals surface area contributed by atoms with Crippen LogP contribution in [0.4, 0.5) is 0 Å². The van der Waals surface area contributed by atoms with Crippen LogP contribution < -0.4 is 0 Å². The van der Waals surface area contributed by atoms with Crippen LogP contribution in [-0.4, -0.2) is 15.1 Å². The van der Waals surface area contributed by atoms with Gasteiger partial charge in [-0.3, -0.25) is 0 Å². The highest BCUT2D eigenvalue weighted by Crippen LogP contribution is 2.28. The predicted octanol–water partition coefficient (Wildman–Crippen LogP) is 2.97. The van der Waals surface area contributed by atoms with Gasteiger partial charge in [-0.05, 0) is 33.6 Å². The molecule has 5 heteroatoms. The van der Waals surface area contributed by atoms with Crippen LogP contribution in [-0.2, 0) is 0 Å². The van der Waals surface area contributed by atoms with Gasteiger partial charge in [-0.25, -0.2) is 9.97 Å². The zero-order chi connectivity index (χ0) is 11.5. The van der Waals surface area contributed by atoms with Gasteiger partial charge in [0.1, 0.15) is 12.4 Å². The summed E-state index contributed by atoms with van der Waals surface area (Å²) in [5, 5.41) is 10.7. The zero-order valence-corrected chi connectivity index (χ0v) is 10.5. The van der Waals surface area contributed by atoms with E-state index in [9.17, 15) is 5.11 Å². The largest absolute Gasteiger partial charge is 0.384 e. The molecule has 0 aliphatic rings. The fourth-order valence-electron chi connectivity index (χ4n) is 1.33. The lowest BCUT2D eigenvalue weighted by atomic mass is 10.0. The van der Waals surface area contributed by atoms with Crippen LogP contribution in [0, 0.1) is 0 Å². The molecule has 0 spiro atoms. The Labute approximate surface area is 106 Å². The van der Waals surface area contributed by atoms with Crippen molar-refractivity contribution in [3.8, 4) is 0 Å². The van der Waals surface area contributed by atoms with Crippen LogP contribution in [0.5, 0.6) is 0 Å². The summed E-state index contributed by atoms with van der Waals surface area (Å²) in [6, 6.07) is 5.28. The van der Waals surface area contributed by atoms with Gasteiger partial charge in [0, 0.05) is 22.4 Å². The number of rotatable bonds is 2. The van der Waals surface area contributed by atoms with E-state index in [4.69, 9.17) is 11.6 Å². The van der Waals surface area contributed by atoms with E-state index in [2.05, 4.69) is 25.9 Å². The molecule has 1 aromatic heterocycles. The average Bonchev–Trinajstić information content (AvgIpc) is 2.33. The maximum absolute atomic E-state index is 10.1. The summed E-state index contributed by atoms with van der Waals surface area (Å²) in [7, 11) is 0. The maximum Gasteiger partial charge on any atom is 0.115 e. The zero-order valence-electron chi connectivity index (χ0n) is 8.14. The van der Waals surface area contributed by atoms with Crippen LogP contribution >= 0.6 is 27.5 Å². The first kappa shape index (κ1) is 11.5. The first-order chi connectivity index (χ1) is 7.68. The second-order valence-electron chi connectivity index (χ2n) is 3.25. The lowest BCUT2D eigenvalue weighted by molar-refractivity contribution is 0.219. The summed E-state index contributed by atoms with van der Waals surface area (Å²) in [6.45, 7) is 0. The normalized spacial score (nSPS) is 12.4. The summed E-state index contributed by atoms with van der Waals surface area (Å²) in [4.78, 5) is 7.72. The van der Waals surface area contributed by atoms with Gasteiger partial charge < -0.3 is 5.11 Å². The topological polar surface area (TPSA) is 46.0 Å². The number of nitrogens with zero attached hydrogens (tertiary/aromatic N) is 2. The van der Waals surface area contributed by atoms with Crippen LogP contribution in [0.1, 0.15) is 17.2 Å². The van der Waals surface area contributed by atoms with Gasteiger partial charge >= 0.3 is 0 Å². The van der Waals surface area contributed by atoms with Crippen molar-refractivity contribution in [3.63, 3.8) is 0 Å². The summed E-state index contributed by atoms with van der Waals surface area (Å²) in [5.74, 6) is 0. The Kier molecular flexibility index (Phi) is 3.53. The molecule has 0 fully saturated rings. The third kappa shape index (κ3) is 2.40. The monoisotopic (exact) mass is 298 g/mol. The molecule has 0 bridgehead atoms. The maximum atomic E-state index is 10.1. The molecule has 1 aromatic carbocycles. The quantitative estimate of drug-likeness (QED) is 0.927. The van der Waals surface area contributed by atoms with Crippen molar-refractivity contribution < 1.29 is 5.11 Å². The number of halogens is 2. The lowest BCUT2D eigenvalue weighted by Gasteiger charge is -2.11. The van der Waals surface area contributed by atoms with E-state index in [1.54, 1.807) is 30.6 Å². The minimum absolute atomic E-state index is 0.611. The minimum Gasteiger partial charge on any atom is -0.384 e. The molecule has 0 aliphatic heterocycles. The van der Waals surface area contributed by atoms with Crippen molar-refractivity contribution >= 4 is 27.5 Å². The van der Waals surface area contributed by atoms with E-state index in [1.165, 1.54) is 6.33 Å². The number of hydrogen-bond acceptors (Lipinski definition) is 3. The van der Waals surface area contributed by atoms with E-state index < -0.39 is 6.10 Å². The van der Waals surface area contributed by atoms with E-state index in [1.807, 2.05) is 0 Å². The predicted molar refractivity (Wildman–Crippen MR) is 65.2 cm³/mol. The highest BCUT2D eigenvalue weighted by atomic mass is 79.9. The number of aliphatic hydroxyl groups is 1. The first-order valence-corrected chi connectivity index (χ1v) is 5.73. The van der Waals surface area contributed by atoms with Crippen LogP contribution in [0.3, 0.4) is 0 Å². The lowest BCUT2D eigenvalue weighted by Crippen LogP contribution is -2.00. The van der Waals surface area contributed by atoms with Crippen molar-refractivity contribution in [1.82, 2.24) is 9.97 Å². The van der Waals surface area contributed by atoms with Gasteiger partial charge in [-0.1, -0.05) is 17.7 Å². The number of hydrogen-bond donors (Lipinski definition) is 1. The van der Waals surface area contributed by atoms with Gasteiger partial charge in [0.15, 0.2) is 0 Å². The highest BCUT2D eigenvalue weighted by molar-refractivity contribution is 9.10. The Morgan fingerprint density at radius 1 is 1.19 bits per heavy atom. The molecule has 16 heavy (non-hydrogen) atoms. The van der Waals surface area contributed by atoms with E-state index in [0.717, 1.165) is 10.0 Å². The van der Waals surface area contributed by atoms with Crippen LogP contribution in [0.25, 0.3) is 0 Å². The molecule has 1 unspecified atom stereocenters. The summed E-state index contributed by atoms with van der Waals surface area (Å²) >= 11 is 9.19. The minimum atomic E-state index is -0.741. The molecule has 1 atom stereocenters. The van der Waals surface area contributed by atoms with Gasteiger partial charge in [0.05, 0.1) is 5.02 Å². The van der Waals surface area contributed by atoms with Gasteiger partial charge in [-0.2, -0.15) is 0 Å². The standard InChI is InChI=1S/C11H8BrClN2O/c12-9-3-7(1-2-10(9)13)11(16)8-4-14-6-15-5-8/h1-6,11,16H. The Morgan fingerprint density at radius 2 is 1.88 bits per heavy atom. The van der Waals surface area contributed by atoms with Crippen molar-refractivity contribution in [3.05, 3.63) is 57.5 Å². The summed E-state index contributed by atoms with van der Waals surface area (Å²) in [5.41, 5.74) is 1.39. The van der Waals surface area contributed by atoms with Crippen molar-refractivity contribution in [2.45, 2.75) is 6.10 Å². The third-order valence-corrected chi connectivity index (χ3v) is 3.37. The Balaban J connectivity index is 2.34. The molecule has 0 aliphatic carbocycles. The number of aromatic nitrogens is 2. The molecule has 1 N–H and O–H groups in total. The van der Waals surface area contributed by atoms with Gasteiger partial charge in [0.2, 0.25) is 0 Å². The highest BCUT2D eigenvalue weighted by Gasteiger charge is 2.11. The SMILES string of the molecule is OC(c1cncnc1)c1ccc(Cl)c(Br)c1. The smallest absolute Gasteiger partial charge is 0.115 e. The third-order valence-electron chi connectivity index (χ3n) is 2.16. The number of aliphatic hydroxyl groups excluding tert-OH is 1. The molecule has 0 saturated carbocycles. The van der Waals surface area contributed by atoms with Crippen molar-refractivity contribution in [1.29, 1.82) is 0 Å². The van der Waals surface area contributed by atoms with E-state index in [-0.39, 0.29) is 0 Å². The summed E-state index contributed by atoms with van der Waals surface area (Å²) < 4.78 is 0.752. The second-order valence-corrected chi connectivity index (χ2v) is 4.51. The van der Waals surface area contributed by atoms with Crippen molar-refractivity contribution in [2.75, 3.05) is 0 Å². The molecular formula is C11H8BrClN2O. The molecule has 1 heterocycles. The molecule has 0 saturated heterocycles. The molecular weight excluding hydrogens is 291 g/mol. The van der Waals surface area contributed by atoms with E-state index >= 15 is 0 Å².